The molecule has 0 aromatic heterocycles. The molecule has 1 nitrogen and oxygen atoms in total. The van der Waals surface area contributed by atoms with E-state index >= 15 is 0 Å². The van der Waals surface area contributed by atoms with Crippen LogP contribution in [0.25, 0.3) is 0 Å². The Labute approximate surface area is 117 Å². The molecular formula is C15H15ClOS. The molecule has 0 aliphatic heterocycles. The van der Waals surface area contributed by atoms with Crippen LogP contribution in [-0.2, 0) is 12.4 Å². The molecule has 94 valence electrons. The van der Waals surface area contributed by atoms with E-state index < -0.39 is 0 Å². The molecule has 2 aromatic rings. The summed E-state index contributed by atoms with van der Waals surface area (Å²) in [7, 11) is 0. The molecule has 18 heavy (non-hydrogen) atoms. The smallest absolute Gasteiger partial charge is 0.0693 e. The van der Waals surface area contributed by atoms with E-state index in [0.717, 1.165) is 16.2 Å². The van der Waals surface area contributed by atoms with Crippen LogP contribution in [0.4, 0.5) is 0 Å². The van der Waals surface area contributed by atoms with Crippen molar-refractivity contribution in [1.29, 1.82) is 0 Å². The van der Waals surface area contributed by atoms with Gasteiger partial charge in [0.1, 0.15) is 0 Å². The highest BCUT2D eigenvalue weighted by molar-refractivity contribution is 7.98. The first-order valence-corrected chi connectivity index (χ1v) is 7.13. The Bertz CT molecular complexity index is 540. The Morgan fingerprint density at radius 3 is 2.67 bits per heavy atom. The number of hydrogen-bond acceptors (Lipinski definition) is 2. The number of halogens is 1. The monoisotopic (exact) mass is 278 g/mol. The van der Waals surface area contributed by atoms with Crippen LogP contribution in [0.5, 0.6) is 0 Å². The summed E-state index contributed by atoms with van der Waals surface area (Å²) in [6.45, 7) is 2.11. The first-order valence-electron chi connectivity index (χ1n) is 5.77. The summed E-state index contributed by atoms with van der Waals surface area (Å²) in [6, 6.07) is 14.1. The van der Waals surface area contributed by atoms with E-state index in [2.05, 4.69) is 31.2 Å². The second-order valence-corrected chi connectivity index (χ2v) is 5.56. The largest absolute Gasteiger partial charge is 0.392 e. The Kier molecular flexibility index (Phi) is 4.70. The molecule has 0 aliphatic rings. The zero-order chi connectivity index (χ0) is 13.0. The third-order valence-electron chi connectivity index (χ3n) is 2.68. The summed E-state index contributed by atoms with van der Waals surface area (Å²) in [5.74, 6) is 0.860. The molecule has 0 aliphatic carbocycles. The van der Waals surface area contributed by atoms with Crippen LogP contribution in [0.2, 0.25) is 5.02 Å². The van der Waals surface area contributed by atoms with Gasteiger partial charge in [-0.3, -0.25) is 0 Å². The van der Waals surface area contributed by atoms with Gasteiger partial charge in [0.05, 0.1) is 11.6 Å². The minimum absolute atomic E-state index is 0.0245. The fourth-order valence-electron chi connectivity index (χ4n) is 1.80. The fourth-order valence-corrected chi connectivity index (χ4v) is 3.17. The van der Waals surface area contributed by atoms with Crippen molar-refractivity contribution in [1.82, 2.24) is 0 Å². The van der Waals surface area contributed by atoms with Crippen LogP contribution in [0.15, 0.2) is 47.4 Å². The van der Waals surface area contributed by atoms with Crippen molar-refractivity contribution in [2.45, 2.75) is 24.2 Å². The molecule has 0 amide bonds. The number of thioether (sulfide) groups is 1. The maximum atomic E-state index is 9.31. The molecular weight excluding hydrogens is 264 g/mol. The van der Waals surface area contributed by atoms with E-state index in [9.17, 15) is 5.11 Å². The lowest BCUT2D eigenvalue weighted by molar-refractivity contribution is 0.279. The normalized spacial score (nSPS) is 10.6. The number of benzene rings is 2. The Balaban J connectivity index is 2.15. The van der Waals surface area contributed by atoms with Gasteiger partial charge in [-0.2, -0.15) is 0 Å². The Morgan fingerprint density at radius 2 is 1.94 bits per heavy atom. The summed E-state index contributed by atoms with van der Waals surface area (Å²) >= 11 is 7.84. The van der Waals surface area contributed by atoms with Crippen LogP contribution < -0.4 is 0 Å². The average molecular weight is 279 g/mol. The second kappa shape index (κ2) is 6.28. The lowest BCUT2D eigenvalue weighted by Crippen LogP contribution is -1.89. The molecule has 0 saturated heterocycles. The van der Waals surface area contributed by atoms with Crippen LogP contribution in [0.1, 0.15) is 16.7 Å². The Morgan fingerprint density at radius 1 is 1.17 bits per heavy atom. The molecule has 0 bridgehead atoms. The van der Waals surface area contributed by atoms with E-state index in [0.29, 0.717) is 5.02 Å². The van der Waals surface area contributed by atoms with Gasteiger partial charge in [0.2, 0.25) is 0 Å². The van der Waals surface area contributed by atoms with Gasteiger partial charge in [-0.25, -0.2) is 0 Å². The van der Waals surface area contributed by atoms with Gasteiger partial charge in [-0.05, 0) is 24.1 Å². The molecule has 0 radical (unpaired) electrons. The molecule has 3 heteroatoms. The predicted octanol–water partition coefficient (Wildman–Crippen LogP) is 4.43. The van der Waals surface area contributed by atoms with E-state index in [1.54, 1.807) is 11.8 Å². The lowest BCUT2D eigenvalue weighted by Gasteiger charge is -2.09. The van der Waals surface area contributed by atoms with Crippen molar-refractivity contribution in [3.63, 3.8) is 0 Å². The SMILES string of the molecule is Cc1cccc(CSc2c(Cl)cccc2CO)c1. The molecule has 0 heterocycles. The highest BCUT2D eigenvalue weighted by Crippen LogP contribution is 2.33. The molecule has 0 fully saturated rings. The maximum Gasteiger partial charge on any atom is 0.0693 e. The van der Waals surface area contributed by atoms with E-state index in [1.165, 1.54) is 11.1 Å². The highest BCUT2D eigenvalue weighted by Gasteiger charge is 2.07. The number of aliphatic hydroxyl groups is 1. The van der Waals surface area contributed by atoms with Crippen LogP contribution >= 0.6 is 23.4 Å². The minimum Gasteiger partial charge on any atom is -0.392 e. The molecule has 2 aromatic carbocycles. The fraction of sp³-hybridized carbons (Fsp3) is 0.200. The Hall–Kier alpha value is -0.960. The third kappa shape index (κ3) is 3.29. The van der Waals surface area contributed by atoms with Crippen molar-refractivity contribution in [3.05, 3.63) is 64.2 Å². The van der Waals surface area contributed by atoms with Gasteiger partial charge in [0.15, 0.2) is 0 Å². The summed E-state index contributed by atoms with van der Waals surface area (Å²) in [4.78, 5) is 0.975. The topological polar surface area (TPSA) is 20.2 Å². The van der Waals surface area contributed by atoms with Gasteiger partial charge in [-0.15, -0.1) is 11.8 Å². The summed E-state index contributed by atoms with van der Waals surface area (Å²) in [5, 5.41) is 10.0. The van der Waals surface area contributed by atoms with Gasteiger partial charge >= 0.3 is 0 Å². The van der Waals surface area contributed by atoms with Crippen LogP contribution in [0, 0.1) is 6.92 Å². The van der Waals surface area contributed by atoms with Gasteiger partial charge in [0, 0.05) is 10.6 Å². The standard InChI is InChI=1S/C15H15ClOS/c1-11-4-2-5-12(8-11)10-18-15-13(9-17)6-3-7-14(15)16/h2-8,17H,9-10H2,1H3. The summed E-state index contributed by atoms with van der Waals surface area (Å²) in [6.07, 6.45) is 0. The minimum atomic E-state index is 0.0245. The number of hydrogen-bond donors (Lipinski definition) is 1. The summed E-state index contributed by atoms with van der Waals surface area (Å²) < 4.78 is 0. The number of aryl methyl sites for hydroxylation is 1. The number of rotatable bonds is 4. The molecule has 0 spiro atoms. The predicted molar refractivity (Wildman–Crippen MR) is 78.1 cm³/mol. The molecule has 2 rings (SSSR count). The zero-order valence-electron chi connectivity index (χ0n) is 10.2. The van der Waals surface area contributed by atoms with Crippen molar-refractivity contribution in [3.8, 4) is 0 Å². The average Bonchev–Trinajstić information content (AvgIpc) is 2.37. The first-order chi connectivity index (χ1) is 8.70. The maximum absolute atomic E-state index is 9.31. The van der Waals surface area contributed by atoms with Crippen molar-refractivity contribution >= 4 is 23.4 Å². The van der Waals surface area contributed by atoms with Crippen LogP contribution in [-0.4, -0.2) is 5.11 Å². The van der Waals surface area contributed by atoms with Gasteiger partial charge in [-0.1, -0.05) is 53.6 Å². The second-order valence-electron chi connectivity index (χ2n) is 4.16. The molecule has 1 N–H and O–H groups in total. The van der Waals surface area contributed by atoms with Crippen molar-refractivity contribution in [2.75, 3.05) is 0 Å². The van der Waals surface area contributed by atoms with Crippen molar-refractivity contribution < 1.29 is 5.11 Å². The van der Waals surface area contributed by atoms with Gasteiger partial charge in [0.25, 0.3) is 0 Å². The zero-order valence-corrected chi connectivity index (χ0v) is 11.8. The van der Waals surface area contributed by atoms with Gasteiger partial charge < -0.3 is 5.11 Å². The van der Waals surface area contributed by atoms with E-state index in [1.807, 2.05) is 18.2 Å². The quantitative estimate of drug-likeness (QED) is 0.835. The lowest BCUT2D eigenvalue weighted by atomic mass is 10.2. The molecule has 0 saturated carbocycles. The third-order valence-corrected chi connectivity index (χ3v) is 4.36. The first kappa shape index (κ1) is 13.5. The van der Waals surface area contributed by atoms with Crippen LogP contribution in [0.3, 0.4) is 0 Å². The highest BCUT2D eigenvalue weighted by atomic mass is 35.5. The molecule has 0 unspecified atom stereocenters. The van der Waals surface area contributed by atoms with E-state index in [4.69, 9.17) is 11.6 Å². The summed E-state index contributed by atoms with van der Waals surface area (Å²) in [5.41, 5.74) is 3.42. The number of aliphatic hydroxyl groups excluding tert-OH is 1. The van der Waals surface area contributed by atoms with Crippen molar-refractivity contribution in [2.24, 2.45) is 0 Å². The van der Waals surface area contributed by atoms with E-state index in [-0.39, 0.29) is 6.61 Å². The molecule has 0 atom stereocenters.